The minimum Gasteiger partial charge on any atom is -0.497 e. The Bertz CT molecular complexity index is 1190. The average Bonchev–Trinajstić information content (AvgIpc) is 3.25. The van der Waals surface area contributed by atoms with E-state index in [0.717, 1.165) is 49.9 Å². The van der Waals surface area contributed by atoms with E-state index >= 15 is 0 Å². The van der Waals surface area contributed by atoms with Crippen LogP contribution in [0.4, 0.5) is 0 Å². The fourth-order valence-corrected chi connectivity index (χ4v) is 5.55. The van der Waals surface area contributed by atoms with Crippen molar-refractivity contribution in [3.05, 3.63) is 80.0 Å². The smallest absolute Gasteiger partial charge is 0.335 e. The summed E-state index contributed by atoms with van der Waals surface area (Å²) in [5, 5.41) is 12.2. The zero-order valence-corrected chi connectivity index (χ0v) is 20.9. The van der Waals surface area contributed by atoms with Crippen LogP contribution in [0.5, 0.6) is 11.5 Å². The maximum atomic E-state index is 13.5. The van der Waals surface area contributed by atoms with Crippen LogP contribution in [-0.4, -0.2) is 37.8 Å². The summed E-state index contributed by atoms with van der Waals surface area (Å²) in [4.78, 5) is 26.8. The molecule has 4 rings (SSSR count). The number of carboxylic acid groups (broad SMARTS) is 1. The maximum absolute atomic E-state index is 13.5. The van der Waals surface area contributed by atoms with Gasteiger partial charge in [0.2, 0.25) is 0 Å². The quantitative estimate of drug-likeness (QED) is 0.442. The molecule has 2 aromatic carbocycles. The average molecular weight is 496 g/mol. The molecule has 1 aromatic heterocycles. The molecule has 0 saturated carbocycles. The highest BCUT2D eigenvalue weighted by molar-refractivity contribution is 7.12. The highest BCUT2D eigenvalue weighted by Gasteiger charge is 2.26. The molecular formula is C27H29NO6S. The van der Waals surface area contributed by atoms with Crippen molar-refractivity contribution >= 4 is 23.2 Å². The van der Waals surface area contributed by atoms with Crippen LogP contribution in [0.3, 0.4) is 0 Å². The SMILES string of the molecule is COc1cc(CCc2sc3c(c2C(=O)N[C@@H](C)c2ccc(C(=O)O)cc2)CCOC3)cc(OC)c1. The van der Waals surface area contributed by atoms with Crippen LogP contribution < -0.4 is 14.8 Å². The van der Waals surface area contributed by atoms with Crippen molar-refractivity contribution in [1.29, 1.82) is 0 Å². The van der Waals surface area contributed by atoms with Gasteiger partial charge < -0.3 is 24.6 Å². The van der Waals surface area contributed by atoms with Crippen molar-refractivity contribution in [1.82, 2.24) is 5.32 Å². The van der Waals surface area contributed by atoms with Crippen molar-refractivity contribution in [2.24, 2.45) is 0 Å². The van der Waals surface area contributed by atoms with E-state index in [9.17, 15) is 9.59 Å². The molecule has 35 heavy (non-hydrogen) atoms. The number of rotatable bonds is 9. The number of benzene rings is 2. The summed E-state index contributed by atoms with van der Waals surface area (Å²) in [5.41, 5.74) is 3.96. The minimum absolute atomic E-state index is 0.113. The molecule has 8 heteroatoms. The summed E-state index contributed by atoms with van der Waals surface area (Å²) in [5.74, 6) is 0.383. The Morgan fingerprint density at radius 2 is 1.77 bits per heavy atom. The van der Waals surface area contributed by atoms with Crippen molar-refractivity contribution < 1.29 is 28.9 Å². The van der Waals surface area contributed by atoms with Crippen LogP contribution in [0, 0.1) is 0 Å². The number of fused-ring (bicyclic) bond motifs is 1. The lowest BCUT2D eigenvalue weighted by Crippen LogP contribution is -2.28. The number of aryl methyl sites for hydroxylation is 2. The van der Waals surface area contributed by atoms with Crippen molar-refractivity contribution in [2.75, 3.05) is 20.8 Å². The van der Waals surface area contributed by atoms with E-state index in [1.54, 1.807) is 49.8 Å². The molecule has 2 heterocycles. The second-order valence-corrected chi connectivity index (χ2v) is 9.64. The first kappa shape index (κ1) is 24.8. The molecule has 184 valence electrons. The van der Waals surface area contributed by atoms with Gasteiger partial charge in [0.05, 0.1) is 44.6 Å². The molecule has 1 aliphatic heterocycles. The Morgan fingerprint density at radius 3 is 2.40 bits per heavy atom. The standard InChI is InChI=1S/C27H29NO6S/c1-16(18-5-7-19(8-6-18)27(30)31)28-26(29)25-22-10-11-34-15-24(22)35-23(25)9-4-17-12-20(32-2)14-21(13-17)33-3/h5-8,12-14,16H,4,9-11,15H2,1-3H3,(H,28,29)(H,30,31)/t16-/m0/s1. The first-order valence-electron chi connectivity index (χ1n) is 11.5. The third-order valence-electron chi connectivity index (χ3n) is 6.18. The number of hydrogen-bond donors (Lipinski definition) is 2. The second kappa shape index (κ2) is 10.9. The van der Waals surface area contributed by atoms with Crippen molar-refractivity contribution in [3.8, 4) is 11.5 Å². The van der Waals surface area contributed by atoms with Gasteiger partial charge in [0.15, 0.2) is 0 Å². The van der Waals surface area contributed by atoms with Gasteiger partial charge >= 0.3 is 5.97 Å². The molecule has 0 aliphatic carbocycles. The number of aromatic carboxylic acids is 1. The summed E-state index contributed by atoms with van der Waals surface area (Å²) < 4.78 is 16.4. The Labute approximate surface area is 208 Å². The van der Waals surface area contributed by atoms with Gasteiger partial charge in [-0.2, -0.15) is 0 Å². The number of methoxy groups -OCH3 is 2. The highest BCUT2D eigenvalue weighted by atomic mass is 32.1. The molecule has 1 amide bonds. The van der Waals surface area contributed by atoms with Crippen LogP contribution in [0.1, 0.15) is 60.1 Å². The Kier molecular flexibility index (Phi) is 7.73. The van der Waals surface area contributed by atoms with Crippen molar-refractivity contribution in [2.45, 2.75) is 38.8 Å². The summed E-state index contributed by atoms with van der Waals surface area (Å²) in [6, 6.07) is 12.1. The molecule has 3 aromatic rings. The number of carbonyl (C=O) groups is 2. The van der Waals surface area contributed by atoms with Gasteiger partial charge in [-0.1, -0.05) is 12.1 Å². The van der Waals surface area contributed by atoms with E-state index in [1.807, 2.05) is 25.1 Å². The summed E-state index contributed by atoms with van der Waals surface area (Å²) >= 11 is 1.64. The van der Waals surface area contributed by atoms with Crippen LogP contribution >= 0.6 is 11.3 Å². The Hall–Kier alpha value is -3.36. The number of thiophene rings is 1. The third-order valence-corrected chi connectivity index (χ3v) is 7.44. The normalized spacial score (nSPS) is 13.6. The predicted molar refractivity (Wildman–Crippen MR) is 134 cm³/mol. The maximum Gasteiger partial charge on any atom is 0.335 e. The summed E-state index contributed by atoms with van der Waals surface area (Å²) in [6.45, 7) is 3.03. The molecule has 0 spiro atoms. The van der Waals surface area contributed by atoms with Gasteiger partial charge in [-0.3, -0.25) is 4.79 Å². The van der Waals surface area contributed by atoms with E-state index in [-0.39, 0.29) is 17.5 Å². The molecule has 1 aliphatic rings. The first-order chi connectivity index (χ1) is 16.9. The van der Waals surface area contributed by atoms with Gasteiger partial charge in [0, 0.05) is 15.8 Å². The number of hydrogen-bond acceptors (Lipinski definition) is 6. The lowest BCUT2D eigenvalue weighted by Gasteiger charge is -2.18. The molecule has 0 saturated heterocycles. The number of nitrogens with one attached hydrogen (secondary N) is 1. The Morgan fingerprint density at radius 1 is 1.09 bits per heavy atom. The van der Waals surface area contributed by atoms with E-state index < -0.39 is 5.97 Å². The van der Waals surface area contributed by atoms with E-state index in [4.69, 9.17) is 19.3 Å². The van der Waals surface area contributed by atoms with E-state index in [0.29, 0.717) is 26.1 Å². The third kappa shape index (κ3) is 5.66. The van der Waals surface area contributed by atoms with Gasteiger partial charge in [0.25, 0.3) is 5.91 Å². The molecule has 0 radical (unpaired) electrons. The number of carbonyl (C=O) groups excluding carboxylic acids is 1. The van der Waals surface area contributed by atoms with Gasteiger partial charge in [-0.15, -0.1) is 11.3 Å². The lowest BCUT2D eigenvalue weighted by atomic mass is 9.99. The molecule has 0 fully saturated rings. The largest absolute Gasteiger partial charge is 0.497 e. The van der Waals surface area contributed by atoms with Gasteiger partial charge in [-0.25, -0.2) is 4.79 Å². The number of carboxylic acids is 1. The van der Waals surface area contributed by atoms with Crippen LogP contribution in [0.15, 0.2) is 42.5 Å². The molecular weight excluding hydrogens is 466 g/mol. The minimum atomic E-state index is -0.973. The summed E-state index contributed by atoms with van der Waals surface area (Å²) in [7, 11) is 3.26. The first-order valence-corrected chi connectivity index (χ1v) is 12.3. The fraction of sp³-hybridized carbons (Fsp3) is 0.333. The topological polar surface area (TPSA) is 94.1 Å². The second-order valence-electron chi connectivity index (χ2n) is 8.45. The van der Waals surface area contributed by atoms with Gasteiger partial charge in [-0.05, 0) is 67.1 Å². The lowest BCUT2D eigenvalue weighted by molar-refractivity contribution is 0.0696. The molecule has 7 nitrogen and oxygen atoms in total. The summed E-state index contributed by atoms with van der Waals surface area (Å²) in [6.07, 6.45) is 2.15. The highest BCUT2D eigenvalue weighted by Crippen LogP contribution is 2.34. The molecule has 2 N–H and O–H groups in total. The van der Waals surface area contributed by atoms with Crippen molar-refractivity contribution in [3.63, 3.8) is 0 Å². The molecule has 0 unspecified atom stereocenters. The number of ether oxygens (including phenoxy) is 3. The van der Waals surface area contributed by atoms with E-state index in [1.165, 1.54) is 0 Å². The van der Waals surface area contributed by atoms with Crippen LogP contribution in [-0.2, 0) is 30.6 Å². The molecule has 1 atom stereocenters. The monoisotopic (exact) mass is 495 g/mol. The number of amides is 1. The predicted octanol–water partition coefficient (Wildman–Crippen LogP) is 4.81. The fourth-order valence-electron chi connectivity index (χ4n) is 4.26. The van der Waals surface area contributed by atoms with Gasteiger partial charge in [0.1, 0.15) is 11.5 Å². The zero-order chi connectivity index (χ0) is 24.9. The Balaban J connectivity index is 1.55. The van der Waals surface area contributed by atoms with Crippen LogP contribution in [0.2, 0.25) is 0 Å². The van der Waals surface area contributed by atoms with E-state index in [2.05, 4.69) is 5.32 Å². The van der Waals surface area contributed by atoms with Crippen LogP contribution in [0.25, 0.3) is 0 Å². The zero-order valence-electron chi connectivity index (χ0n) is 20.1. The molecule has 0 bridgehead atoms.